The number of ether oxygens (including phenoxy) is 1. The lowest BCUT2D eigenvalue weighted by molar-refractivity contribution is -0.384. The largest absolute Gasteiger partial charge is 0.394 e. The van der Waals surface area contributed by atoms with Gasteiger partial charge in [-0.1, -0.05) is 0 Å². The van der Waals surface area contributed by atoms with Crippen molar-refractivity contribution in [2.24, 2.45) is 0 Å². The van der Waals surface area contributed by atoms with Crippen LogP contribution in [0.3, 0.4) is 0 Å². The van der Waals surface area contributed by atoms with Crippen LogP contribution in [0.1, 0.15) is 11.7 Å². The summed E-state index contributed by atoms with van der Waals surface area (Å²) in [4.78, 5) is 13.1. The molecule has 0 amide bonds. The molecule has 5 atom stereocenters. The van der Waals surface area contributed by atoms with Crippen molar-refractivity contribution < 1.29 is 30.1 Å². The zero-order chi connectivity index (χ0) is 16.7. The summed E-state index contributed by atoms with van der Waals surface area (Å²) in [6, 6.07) is 4.19. The molecule has 124 valence electrons. The molecule has 5 N–H and O–H groups in total. The van der Waals surface area contributed by atoms with Gasteiger partial charge in [-0.25, -0.2) is 0 Å². The number of non-ortho nitro benzene ring substituents is 1. The zero-order valence-corrected chi connectivity index (χ0v) is 11.9. The molecular weight excluding hydrogens is 308 g/mol. The summed E-state index contributed by atoms with van der Waals surface area (Å²) in [6.45, 7) is -0.519. The Labute approximate surface area is 129 Å². The van der Waals surface area contributed by atoms with Gasteiger partial charge in [0.25, 0.3) is 5.69 Å². The van der Waals surface area contributed by atoms with Crippen molar-refractivity contribution in [3.63, 3.8) is 0 Å². The summed E-state index contributed by atoms with van der Waals surface area (Å²) in [7, 11) is 0. The summed E-state index contributed by atoms with van der Waals surface area (Å²) in [6.07, 6.45) is -4.79. The number of nitrogens with one attached hydrogen (secondary N) is 1. The number of hydrogen-bond acceptors (Lipinski definition) is 7. The van der Waals surface area contributed by atoms with E-state index in [0.29, 0.717) is 16.5 Å². The molecule has 1 aliphatic rings. The van der Waals surface area contributed by atoms with Gasteiger partial charge < -0.3 is 30.1 Å². The average Bonchev–Trinajstić information content (AvgIpc) is 2.96. The van der Waals surface area contributed by atoms with Crippen molar-refractivity contribution in [2.75, 3.05) is 6.61 Å². The minimum Gasteiger partial charge on any atom is -0.394 e. The van der Waals surface area contributed by atoms with Crippen LogP contribution in [-0.2, 0) is 4.74 Å². The molecular formula is C14H16N2O7. The topological polar surface area (TPSA) is 149 Å². The van der Waals surface area contributed by atoms with E-state index in [4.69, 9.17) is 4.74 Å². The highest BCUT2D eigenvalue weighted by Gasteiger charge is 2.44. The number of rotatable bonds is 3. The number of aliphatic hydroxyl groups is 4. The van der Waals surface area contributed by atoms with Gasteiger partial charge in [0.15, 0.2) is 0 Å². The maximum Gasteiger partial charge on any atom is 0.271 e. The predicted molar refractivity (Wildman–Crippen MR) is 77.7 cm³/mol. The molecule has 1 aromatic carbocycles. The van der Waals surface area contributed by atoms with E-state index < -0.39 is 42.1 Å². The number of nitro benzene ring substituents is 1. The maximum absolute atomic E-state index is 10.8. The molecule has 1 aromatic heterocycles. The second-order valence-corrected chi connectivity index (χ2v) is 5.48. The normalized spacial score (nSPS) is 31.4. The zero-order valence-electron chi connectivity index (χ0n) is 11.9. The monoisotopic (exact) mass is 324 g/mol. The molecule has 9 heteroatoms. The van der Waals surface area contributed by atoms with E-state index in [-0.39, 0.29) is 5.69 Å². The first-order valence-corrected chi connectivity index (χ1v) is 7.00. The van der Waals surface area contributed by atoms with Crippen molar-refractivity contribution >= 4 is 16.6 Å². The molecule has 1 saturated heterocycles. The van der Waals surface area contributed by atoms with Crippen LogP contribution >= 0.6 is 0 Å². The van der Waals surface area contributed by atoms with Gasteiger partial charge in [-0.05, 0) is 6.07 Å². The van der Waals surface area contributed by atoms with Crippen LogP contribution in [0, 0.1) is 10.1 Å². The van der Waals surface area contributed by atoms with E-state index in [9.17, 15) is 30.5 Å². The molecule has 0 spiro atoms. The van der Waals surface area contributed by atoms with Gasteiger partial charge in [0.2, 0.25) is 0 Å². The van der Waals surface area contributed by atoms with Gasteiger partial charge >= 0.3 is 0 Å². The first-order valence-electron chi connectivity index (χ1n) is 7.00. The highest BCUT2D eigenvalue weighted by atomic mass is 16.6. The van der Waals surface area contributed by atoms with Crippen LogP contribution in [0.5, 0.6) is 0 Å². The molecule has 0 aliphatic carbocycles. The van der Waals surface area contributed by atoms with Crippen LogP contribution in [-0.4, -0.2) is 61.4 Å². The number of nitrogens with zero attached hydrogens (tertiary/aromatic N) is 1. The number of benzene rings is 1. The Morgan fingerprint density at radius 1 is 1.22 bits per heavy atom. The fourth-order valence-electron chi connectivity index (χ4n) is 2.84. The van der Waals surface area contributed by atoms with Crippen molar-refractivity contribution in [3.05, 3.63) is 40.1 Å². The quantitative estimate of drug-likeness (QED) is 0.380. The molecule has 1 fully saturated rings. The lowest BCUT2D eigenvalue weighted by Crippen LogP contribution is -2.55. The number of aromatic nitrogens is 1. The Hall–Kier alpha value is -2.04. The van der Waals surface area contributed by atoms with E-state index in [1.807, 2.05) is 0 Å². The number of nitro groups is 1. The molecule has 2 aromatic rings. The standard InChI is InChI=1S/C14H16N2O7/c17-5-10-11(18)12(19)13(20)14(23-10)8-4-15-9-3-6(16(21)22)1-2-7(8)9/h1-4,10-15,17-20H,5H2/t10-,11-,12+,13-,14?/m1/s1. The highest BCUT2D eigenvalue weighted by Crippen LogP contribution is 2.36. The summed E-state index contributed by atoms with van der Waals surface area (Å²) in [5, 5.41) is 50.4. The van der Waals surface area contributed by atoms with Crippen molar-refractivity contribution in [3.8, 4) is 0 Å². The Kier molecular flexibility index (Phi) is 4.04. The van der Waals surface area contributed by atoms with Gasteiger partial charge in [0, 0.05) is 29.3 Å². The molecule has 9 nitrogen and oxygen atoms in total. The number of aliphatic hydroxyl groups excluding tert-OH is 4. The third-order valence-corrected chi connectivity index (χ3v) is 4.11. The SMILES string of the molecule is O=[N+]([O-])c1ccc2c(C3O[C@H](CO)[C@@H](O)[C@H](O)[C@H]3O)c[nH]c2c1. The third-order valence-electron chi connectivity index (χ3n) is 4.11. The number of fused-ring (bicyclic) bond motifs is 1. The van der Waals surface area contributed by atoms with Gasteiger partial charge in [0.05, 0.1) is 17.0 Å². The number of aromatic amines is 1. The van der Waals surface area contributed by atoms with E-state index >= 15 is 0 Å². The molecule has 1 aliphatic heterocycles. The molecule has 2 heterocycles. The Morgan fingerprint density at radius 3 is 2.61 bits per heavy atom. The van der Waals surface area contributed by atoms with E-state index in [1.165, 1.54) is 24.4 Å². The highest BCUT2D eigenvalue weighted by molar-refractivity contribution is 5.85. The fourth-order valence-corrected chi connectivity index (χ4v) is 2.84. The lowest BCUT2D eigenvalue weighted by atomic mass is 9.91. The summed E-state index contributed by atoms with van der Waals surface area (Å²) in [5.41, 5.74) is 0.873. The smallest absolute Gasteiger partial charge is 0.271 e. The molecule has 0 radical (unpaired) electrons. The van der Waals surface area contributed by atoms with Crippen molar-refractivity contribution in [1.82, 2.24) is 4.98 Å². The van der Waals surface area contributed by atoms with E-state index in [2.05, 4.69) is 4.98 Å². The van der Waals surface area contributed by atoms with Gasteiger partial charge in [-0.3, -0.25) is 10.1 Å². The van der Waals surface area contributed by atoms with Crippen LogP contribution in [0.15, 0.2) is 24.4 Å². The summed E-state index contributed by atoms with van der Waals surface area (Å²) >= 11 is 0. The molecule has 0 bridgehead atoms. The van der Waals surface area contributed by atoms with Crippen molar-refractivity contribution in [1.29, 1.82) is 0 Å². The predicted octanol–water partition coefficient (Wildman–Crippen LogP) is -0.409. The first kappa shape index (κ1) is 15.8. The van der Waals surface area contributed by atoms with Gasteiger partial charge in [-0.15, -0.1) is 0 Å². The number of hydrogen-bond donors (Lipinski definition) is 5. The Balaban J connectivity index is 2.00. The van der Waals surface area contributed by atoms with Crippen LogP contribution < -0.4 is 0 Å². The van der Waals surface area contributed by atoms with Crippen LogP contribution in [0.25, 0.3) is 10.9 Å². The van der Waals surface area contributed by atoms with Crippen LogP contribution in [0.4, 0.5) is 5.69 Å². The van der Waals surface area contributed by atoms with E-state index in [0.717, 1.165) is 0 Å². The minimum atomic E-state index is -1.48. The Morgan fingerprint density at radius 2 is 1.96 bits per heavy atom. The van der Waals surface area contributed by atoms with Gasteiger partial charge in [0.1, 0.15) is 30.5 Å². The van der Waals surface area contributed by atoms with Crippen molar-refractivity contribution in [2.45, 2.75) is 30.5 Å². The molecule has 1 unspecified atom stereocenters. The lowest BCUT2D eigenvalue weighted by Gasteiger charge is -2.40. The number of H-pyrrole nitrogens is 1. The second-order valence-electron chi connectivity index (χ2n) is 5.48. The molecule has 3 rings (SSSR count). The van der Waals surface area contributed by atoms with E-state index in [1.54, 1.807) is 0 Å². The third kappa shape index (κ3) is 2.58. The maximum atomic E-state index is 10.8. The summed E-state index contributed by atoms with van der Waals surface area (Å²) < 4.78 is 5.50. The first-order chi connectivity index (χ1) is 10.9. The molecule has 0 saturated carbocycles. The molecule has 23 heavy (non-hydrogen) atoms. The Bertz CT molecular complexity index is 729. The fraction of sp³-hybridized carbons (Fsp3) is 0.429. The summed E-state index contributed by atoms with van der Waals surface area (Å²) in [5.74, 6) is 0. The van der Waals surface area contributed by atoms with Crippen LogP contribution in [0.2, 0.25) is 0 Å². The van der Waals surface area contributed by atoms with Gasteiger partial charge in [-0.2, -0.15) is 0 Å². The average molecular weight is 324 g/mol. The minimum absolute atomic E-state index is 0.0836. The second kappa shape index (κ2) is 5.87.